The molecule has 1 fully saturated rings. The number of carbonyl (C=O) groups is 1. The molecule has 1 heterocycles. The summed E-state index contributed by atoms with van der Waals surface area (Å²) in [7, 11) is -3.38. The second kappa shape index (κ2) is 6.19. The number of amides is 1. The number of hydrogen-bond acceptors (Lipinski definition) is 4. The molecule has 2 atom stereocenters. The molecule has 1 saturated heterocycles. The van der Waals surface area contributed by atoms with Gasteiger partial charge in [0.05, 0.1) is 18.4 Å². The standard InChI is InChI=1S/C12H24N2O4S/c1-4-12(2,9-15)13-11(16)10-7-5-6-8-14(10)19(3,17)18/h10,15H,4-9H2,1-3H3,(H,13,16). The highest BCUT2D eigenvalue weighted by molar-refractivity contribution is 7.88. The average molecular weight is 292 g/mol. The first kappa shape index (κ1) is 16.4. The van der Waals surface area contributed by atoms with Crippen molar-refractivity contribution in [2.75, 3.05) is 19.4 Å². The minimum absolute atomic E-state index is 0.166. The van der Waals surface area contributed by atoms with E-state index in [1.807, 2.05) is 6.92 Å². The lowest BCUT2D eigenvalue weighted by Gasteiger charge is -2.36. The maximum absolute atomic E-state index is 12.3. The monoisotopic (exact) mass is 292 g/mol. The highest BCUT2D eigenvalue weighted by atomic mass is 32.2. The number of sulfonamides is 1. The molecule has 0 aromatic heterocycles. The van der Waals surface area contributed by atoms with E-state index in [-0.39, 0.29) is 12.5 Å². The number of nitrogens with one attached hydrogen (secondary N) is 1. The van der Waals surface area contributed by atoms with Gasteiger partial charge >= 0.3 is 0 Å². The van der Waals surface area contributed by atoms with Gasteiger partial charge in [-0.3, -0.25) is 4.79 Å². The van der Waals surface area contributed by atoms with Gasteiger partial charge in [-0.05, 0) is 26.2 Å². The number of aliphatic hydroxyl groups is 1. The summed E-state index contributed by atoms with van der Waals surface area (Å²) in [5.41, 5.74) is -0.697. The van der Waals surface area contributed by atoms with Crippen LogP contribution >= 0.6 is 0 Å². The van der Waals surface area contributed by atoms with Gasteiger partial charge in [-0.1, -0.05) is 13.3 Å². The molecule has 112 valence electrons. The van der Waals surface area contributed by atoms with Crippen LogP contribution in [0.3, 0.4) is 0 Å². The fourth-order valence-corrected chi connectivity index (χ4v) is 3.31. The molecule has 1 rings (SSSR count). The van der Waals surface area contributed by atoms with Crippen LogP contribution in [0, 0.1) is 0 Å². The molecule has 2 unspecified atom stereocenters. The predicted octanol–water partition coefficient (Wildman–Crippen LogP) is 0.0777. The van der Waals surface area contributed by atoms with Crippen LogP contribution in [0.5, 0.6) is 0 Å². The van der Waals surface area contributed by atoms with Gasteiger partial charge < -0.3 is 10.4 Å². The third kappa shape index (κ3) is 4.15. The Balaban J connectivity index is 2.84. The van der Waals surface area contributed by atoms with E-state index in [0.29, 0.717) is 19.4 Å². The molecule has 0 bridgehead atoms. The van der Waals surface area contributed by atoms with Crippen molar-refractivity contribution in [1.82, 2.24) is 9.62 Å². The fraction of sp³-hybridized carbons (Fsp3) is 0.917. The van der Waals surface area contributed by atoms with Crippen molar-refractivity contribution in [1.29, 1.82) is 0 Å². The summed E-state index contributed by atoms with van der Waals surface area (Å²) in [5, 5.41) is 12.1. The van der Waals surface area contributed by atoms with Crippen molar-refractivity contribution < 1.29 is 18.3 Å². The quantitative estimate of drug-likeness (QED) is 0.751. The third-order valence-electron chi connectivity index (χ3n) is 3.74. The molecule has 6 nitrogen and oxygen atoms in total. The smallest absolute Gasteiger partial charge is 0.238 e. The Morgan fingerprint density at radius 2 is 2.11 bits per heavy atom. The maximum atomic E-state index is 12.3. The Hall–Kier alpha value is -0.660. The summed E-state index contributed by atoms with van der Waals surface area (Å²) < 4.78 is 24.7. The van der Waals surface area contributed by atoms with Crippen molar-refractivity contribution in [3.05, 3.63) is 0 Å². The van der Waals surface area contributed by atoms with Gasteiger partial charge in [0.15, 0.2) is 0 Å². The molecule has 19 heavy (non-hydrogen) atoms. The molecule has 0 aromatic carbocycles. The van der Waals surface area contributed by atoms with E-state index in [9.17, 15) is 18.3 Å². The molecule has 1 aliphatic heterocycles. The lowest BCUT2D eigenvalue weighted by atomic mass is 9.98. The lowest BCUT2D eigenvalue weighted by molar-refractivity contribution is -0.128. The third-order valence-corrected chi connectivity index (χ3v) is 5.03. The Labute approximate surface area is 115 Å². The number of aliphatic hydroxyl groups excluding tert-OH is 1. The van der Waals surface area contributed by atoms with Gasteiger partial charge in [-0.15, -0.1) is 0 Å². The van der Waals surface area contributed by atoms with Crippen LogP contribution in [0.4, 0.5) is 0 Å². The largest absolute Gasteiger partial charge is 0.394 e. The van der Waals surface area contributed by atoms with Crippen molar-refractivity contribution >= 4 is 15.9 Å². The first-order valence-corrected chi connectivity index (χ1v) is 8.48. The molecule has 1 aliphatic rings. The van der Waals surface area contributed by atoms with Crippen LogP contribution in [0.1, 0.15) is 39.5 Å². The molecule has 0 aliphatic carbocycles. The van der Waals surface area contributed by atoms with Crippen molar-refractivity contribution in [2.45, 2.75) is 51.1 Å². The summed E-state index contributed by atoms with van der Waals surface area (Å²) >= 11 is 0. The lowest BCUT2D eigenvalue weighted by Crippen LogP contribution is -2.57. The molecule has 0 spiro atoms. The van der Waals surface area contributed by atoms with E-state index in [1.54, 1.807) is 6.92 Å². The topological polar surface area (TPSA) is 86.7 Å². The fourth-order valence-electron chi connectivity index (χ4n) is 2.18. The van der Waals surface area contributed by atoms with Crippen LogP contribution in [-0.2, 0) is 14.8 Å². The first-order valence-electron chi connectivity index (χ1n) is 6.63. The summed E-state index contributed by atoms with van der Waals surface area (Å²) in [4.78, 5) is 12.3. The molecular weight excluding hydrogens is 268 g/mol. The molecular formula is C12H24N2O4S. The van der Waals surface area contributed by atoms with E-state index >= 15 is 0 Å². The second-order valence-corrected chi connectivity index (χ2v) is 7.38. The summed E-state index contributed by atoms with van der Waals surface area (Å²) in [6.45, 7) is 3.84. The summed E-state index contributed by atoms with van der Waals surface area (Å²) in [6, 6.07) is -0.652. The van der Waals surface area contributed by atoms with Gasteiger partial charge in [-0.25, -0.2) is 8.42 Å². The van der Waals surface area contributed by atoms with E-state index in [1.165, 1.54) is 4.31 Å². The van der Waals surface area contributed by atoms with Crippen LogP contribution in [-0.4, -0.2) is 54.7 Å². The van der Waals surface area contributed by atoms with Gasteiger partial charge in [0.25, 0.3) is 0 Å². The normalized spacial score (nSPS) is 24.7. The van der Waals surface area contributed by atoms with Crippen LogP contribution in [0.2, 0.25) is 0 Å². The molecule has 0 radical (unpaired) electrons. The van der Waals surface area contributed by atoms with Crippen molar-refractivity contribution in [3.8, 4) is 0 Å². The zero-order chi connectivity index (χ0) is 14.7. The van der Waals surface area contributed by atoms with Gasteiger partial charge in [0.1, 0.15) is 6.04 Å². The number of hydrogen-bond donors (Lipinski definition) is 2. The Morgan fingerprint density at radius 3 is 2.58 bits per heavy atom. The first-order chi connectivity index (χ1) is 8.73. The highest BCUT2D eigenvalue weighted by Crippen LogP contribution is 2.21. The number of rotatable bonds is 5. The molecule has 7 heteroatoms. The Bertz CT molecular complexity index is 417. The van der Waals surface area contributed by atoms with Crippen LogP contribution in [0.15, 0.2) is 0 Å². The predicted molar refractivity (Wildman–Crippen MR) is 73.1 cm³/mol. The van der Waals surface area contributed by atoms with Crippen molar-refractivity contribution in [2.24, 2.45) is 0 Å². The van der Waals surface area contributed by atoms with E-state index in [2.05, 4.69) is 5.32 Å². The zero-order valence-corrected chi connectivity index (χ0v) is 12.7. The van der Waals surface area contributed by atoms with Gasteiger partial charge in [0, 0.05) is 6.54 Å². The summed E-state index contributed by atoms with van der Waals surface area (Å²) in [5.74, 6) is -0.316. The van der Waals surface area contributed by atoms with E-state index < -0.39 is 21.6 Å². The number of piperidine rings is 1. The number of nitrogens with zero attached hydrogens (tertiary/aromatic N) is 1. The molecule has 0 aromatic rings. The average Bonchev–Trinajstić information content (AvgIpc) is 2.37. The zero-order valence-electron chi connectivity index (χ0n) is 11.8. The van der Waals surface area contributed by atoms with Crippen LogP contribution in [0.25, 0.3) is 0 Å². The van der Waals surface area contributed by atoms with E-state index in [4.69, 9.17) is 0 Å². The van der Waals surface area contributed by atoms with Crippen molar-refractivity contribution in [3.63, 3.8) is 0 Å². The van der Waals surface area contributed by atoms with Gasteiger partial charge in [0.2, 0.25) is 15.9 Å². The minimum Gasteiger partial charge on any atom is -0.394 e. The molecule has 1 amide bonds. The molecule has 2 N–H and O–H groups in total. The van der Waals surface area contributed by atoms with Crippen LogP contribution < -0.4 is 5.32 Å². The van der Waals surface area contributed by atoms with E-state index in [0.717, 1.165) is 19.1 Å². The highest BCUT2D eigenvalue weighted by Gasteiger charge is 2.36. The Morgan fingerprint density at radius 1 is 1.47 bits per heavy atom. The molecule has 0 saturated carbocycles. The maximum Gasteiger partial charge on any atom is 0.238 e. The summed E-state index contributed by atoms with van der Waals surface area (Å²) in [6.07, 6.45) is 3.86. The Kier molecular flexibility index (Phi) is 5.34. The number of carbonyl (C=O) groups excluding carboxylic acids is 1. The van der Waals surface area contributed by atoms with Gasteiger partial charge in [-0.2, -0.15) is 4.31 Å². The SMILES string of the molecule is CCC(C)(CO)NC(=O)C1CCCCN1S(C)(=O)=O. The minimum atomic E-state index is -3.38. The second-order valence-electron chi connectivity index (χ2n) is 5.45.